The molecule has 0 saturated carbocycles. The summed E-state index contributed by atoms with van der Waals surface area (Å²) in [5, 5.41) is 7.98. The minimum absolute atomic E-state index is 0. The van der Waals surface area contributed by atoms with Crippen LogP contribution in [0.1, 0.15) is 35.7 Å². The second kappa shape index (κ2) is 6.55. The van der Waals surface area contributed by atoms with Crippen molar-refractivity contribution in [2.75, 3.05) is 13.1 Å². The molecule has 4 rings (SSSR count). The maximum atomic E-state index is 13.0. The van der Waals surface area contributed by atoms with Crippen LogP contribution in [-0.2, 0) is 6.18 Å². The number of aromatic nitrogens is 4. The summed E-state index contributed by atoms with van der Waals surface area (Å²) in [4.78, 5) is 18.5. The third-order valence-corrected chi connectivity index (χ3v) is 4.65. The summed E-state index contributed by atoms with van der Waals surface area (Å²) in [5.41, 5.74) is 0.213. The molecule has 26 heavy (non-hydrogen) atoms. The highest BCUT2D eigenvalue weighted by molar-refractivity contribution is 5.92. The molecule has 1 saturated heterocycles. The Morgan fingerprint density at radius 2 is 1.92 bits per heavy atom. The first-order valence-corrected chi connectivity index (χ1v) is 8.06. The monoisotopic (exact) mass is 387 g/mol. The van der Waals surface area contributed by atoms with Gasteiger partial charge in [-0.1, -0.05) is 0 Å². The lowest BCUT2D eigenvalue weighted by Crippen LogP contribution is -2.28. The molecule has 0 unspecified atom stereocenters. The molecule has 3 aromatic rings. The molecule has 0 amide bonds. The molecule has 2 N–H and O–H groups in total. The zero-order chi connectivity index (χ0) is 17.8. The van der Waals surface area contributed by atoms with E-state index in [1.54, 1.807) is 11.4 Å². The molecule has 3 aromatic heterocycles. The molecule has 0 radical (unpaired) electrons. The zero-order valence-electron chi connectivity index (χ0n) is 13.9. The Hall–Kier alpha value is -2.13. The second-order valence-corrected chi connectivity index (χ2v) is 6.36. The van der Waals surface area contributed by atoms with E-state index in [9.17, 15) is 18.0 Å². The SMILES string of the molecule is Cc1cc(C(F)(F)F)nc2nn3c(C4CCNCC4)cc(=O)[nH]c3c12.Cl. The normalized spacial score (nSPS) is 16.2. The van der Waals surface area contributed by atoms with E-state index in [1.807, 2.05) is 0 Å². The van der Waals surface area contributed by atoms with Crippen molar-refractivity contribution in [1.82, 2.24) is 24.9 Å². The van der Waals surface area contributed by atoms with Crippen molar-refractivity contribution in [2.45, 2.75) is 31.9 Å². The Labute approximate surface area is 152 Å². The third-order valence-electron chi connectivity index (χ3n) is 4.65. The second-order valence-electron chi connectivity index (χ2n) is 6.36. The fourth-order valence-electron chi connectivity index (χ4n) is 3.48. The van der Waals surface area contributed by atoms with Gasteiger partial charge in [0.2, 0.25) is 0 Å². The number of alkyl halides is 3. The zero-order valence-corrected chi connectivity index (χ0v) is 14.7. The predicted molar refractivity (Wildman–Crippen MR) is 92.9 cm³/mol. The number of pyridine rings is 1. The van der Waals surface area contributed by atoms with Crippen LogP contribution in [0.4, 0.5) is 13.2 Å². The van der Waals surface area contributed by atoms with Crippen molar-refractivity contribution in [3.05, 3.63) is 39.4 Å². The van der Waals surface area contributed by atoms with E-state index in [0.717, 1.165) is 32.0 Å². The summed E-state index contributed by atoms with van der Waals surface area (Å²) in [7, 11) is 0. The summed E-state index contributed by atoms with van der Waals surface area (Å²) < 4.78 is 40.6. The molecule has 0 aliphatic carbocycles. The van der Waals surface area contributed by atoms with Gasteiger partial charge in [0, 0.05) is 12.0 Å². The maximum absolute atomic E-state index is 13.0. The third kappa shape index (κ3) is 3.05. The molecule has 0 bridgehead atoms. The number of H-pyrrole nitrogens is 1. The fourth-order valence-corrected chi connectivity index (χ4v) is 3.48. The molecule has 10 heteroatoms. The van der Waals surface area contributed by atoms with Gasteiger partial charge in [-0.05, 0) is 44.5 Å². The number of nitrogens with zero attached hydrogens (tertiary/aromatic N) is 3. The maximum Gasteiger partial charge on any atom is 0.433 e. The predicted octanol–water partition coefficient (Wildman–Crippen LogP) is 2.79. The van der Waals surface area contributed by atoms with Crippen LogP contribution >= 0.6 is 12.4 Å². The van der Waals surface area contributed by atoms with Crippen molar-refractivity contribution in [3.63, 3.8) is 0 Å². The topological polar surface area (TPSA) is 75.1 Å². The lowest BCUT2D eigenvalue weighted by Gasteiger charge is -2.22. The smallest absolute Gasteiger partial charge is 0.317 e. The van der Waals surface area contributed by atoms with Gasteiger partial charge in [0.1, 0.15) is 11.3 Å². The van der Waals surface area contributed by atoms with Gasteiger partial charge < -0.3 is 10.3 Å². The minimum Gasteiger partial charge on any atom is -0.317 e. The molecule has 0 aromatic carbocycles. The van der Waals surface area contributed by atoms with Crippen LogP contribution in [0.3, 0.4) is 0 Å². The molecule has 4 heterocycles. The van der Waals surface area contributed by atoms with Gasteiger partial charge in [-0.2, -0.15) is 13.2 Å². The van der Waals surface area contributed by atoms with E-state index in [0.29, 0.717) is 22.3 Å². The lowest BCUT2D eigenvalue weighted by molar-refractivity contribution is -0.141. The van der Waals surface area contributed by atoms with Crippen LogP contribution in [-0.4, -0.2) is 32.7 Å². The first kappa shape index (κ1) is 18.7. The van der Waals surface area contributed by atoms with E-state index in [1.165, 1.54) is 6.07 Å². The molecule has 1 aliphatic heterocycles. The molecular weight excluding hydrogens is 371 g/mol. The van der Waals surface area contributed by atoms with Crippen molar-refractivity contribution in [3.8, 4) is 0 Å². The van der Waals surface area contributed by atoms with Gasteiger partial charge in [-0.3, -0.25) is 4.79 Å². The Morgan fingerprint density at radius 3 is 2.58 bits per heavy atom. The van der Waals surface area contributed by atoms with E-state index < -0.39 is 11.9 Å². The van der Waals surface area contributed by atoms with Gasteiger partial charge in [0.25, 0.3) is 5.56 Å². The molecule has 0 atom stereocenters. The number of fused-ring (bicyclic) bond motifs is 3. The number of hydrogen-bond acceptors (Lipinski definition) is 4. The molecule has 1 aliphatic rings. The van der Waals surface area contributed by atoms with Gasteiger partial charge in [0.05, 0.1) is 11.1 Å². The van der Waals surface area contributed by atoms with Gasteiger partial charge in [-0.25, -0.2) is 9.50 Å². The molecule has 0 spiro atoms. The van der Waals surface area contributed by atoms with Crippen LogP contribution < -0.4 is 10.9 Å². The number of aromatic amines is 1. The van der Waals surface area contributed by atoms with Gasteiger partial charge in [-0.15, -0.1) is 17.5 Å². The van der Waals surface area contributed by atoms with Crippen molar-refractivity contribution < 1.29 is 13.2 Å². The summed E-state index contributed by atoms with van der Waals surface area (Å²) in [6.45, 7) is 3.22. The quantitative estimate of drug-likeness (QED) is 0.673. The first-order chi connectivity index (χ1) is 11.8. The highest BCUT2D eigenvalue weighted by Gasteiger charge is 2.34. The number of halogens is 4. The molecule has 140 valence electrons. The summed E-state index contributed by atoms with van der Waals surface area (Å²) in [6, 6.07) is 2.47. The average molecular weight is 388 g/mol. The average Bonchev–Trinajstić information content (AvgIpc) is 2.93. The number of rotatable bonds is 1. The van der Waals surface area contributed by atoms with Crippen LogP contribution in [0, 0.1) is 6.92 Å². The van der Waals surface area contributed by atoms with Crippen molar-refractivity contribution >= 4 is 29.1 Å². The molecular formula is C16H17ClF3N5O. The Morgan fingerprint density at radius 1 is 1.23 bits per heavy atom. The fraction of sp³-hybridized carbons (Fsp3) is 0.438. The number of nitrogens with one attached hydrogen (secondary N) is 2. The Kier molecular flexibility index (Phi) is 4.70. The Bertz CT molecular complexity index is 1020. The minimum atomic E-state index is -4.54. The standard InChI is InChI=1S/C16H16F3N5O.ClH/c1-8-6-11(16(17,18)19)21-14-13(8)15-22-12(25)7-10(24(15)23-14)9-2-4-20-5-3-9;/h6-7,9,20H,2-5H2,1H3,(H,22,25);1H. The highest BCUT2D eigenvalue weighted by Crippen LogP contribution is 2.32. The summed E-state index contributed by atoms with van der Waals surface area (Å²) >= 11 is 0. The van der Waals surface area contributed by atoms with Crippen molar-refractivity contribution in [2.24, 2.45) is 0 Å². The van der Waals surface area contributed by atoms with Crippen LogP contribution in [0.2, 0.25) is 0 Å². The Balaban J connectivity index is 0.00000196. The largest absolute Gasteiger partial charge is 0.433 e. The van der Waals surface area contributed by atoms with Crippen molar-refractivity contribution in [1.29, 1.82) is 0 Å². The van der Waals surface area contributed by atoms with Crippen LogP contribution in [0.15, 0.2) is 16.9 Å². The number of piperidine rings is 1. The van der Waals surface area contributed by atoms with E-state index in [4.69, 9.17) is 0 Å². The lowest BCUT2D eigenvalue weighted by atomic mass is 9.94. The molecule has 6 nitrogen and oxygen atoms in total. The van der Waals surface area contributed by atoms with E-state index in [2.05, 4.69) is 20.4 Å². The summed E-state index contributed by atoms with van der Waals surface area (Å²) in [6.07, 6.45) is -2.86. The number of aryl methyl sites for hydroxylation is 1. The number of hydrogen-bond donors (Lipinski definition) is 2. The summed E-state index contributed by atoms with van der Waals surface area (Å²) in [5.74, 6) is 0.128. The van der Waals surface area contributed by atoms with Gasteiger partial charge >= 0.3 is 6.18 Å². The van der Waals surface area contributed by atoms with E-state index >= 15 is 0 Å². The van der Waals surface area contributed by atoms with Gasteiger partial charge in [0.15, 0.2) is 5.65 Å². The first-order valence-electron chi connectivity index (χ1n) is 8.06. The molecule has 1 fully saturated rings. The van der Waals surface area contributed by atoms with Crippen LogP contribution in [0.25, 0.3) is 16.7 Å². The van der Waals surface area contributed by atoms with Crippen LogP contribution in [0.5, 0.6) is 0 Å². The highest BCUT2D eigenvalue weighted by atomic mass is 35.5. The van der Waals surface area contributed by atoms with E-state index in [-0.39, 0.29) is 29.5 Å².